The van der Waals surface area contributed by atoms with Gasteiger partial charge in [-0.05, 0) is 43.6 Å². The lowest BCUT2D eigenvalue weighted by Gasteiger charge is -2.30. The van der Waals surface area contributed by atoms with E-state index in [0.717, 1.165) is 51.7 Å². The molecule has 0 aromatic rings. The zero-order valence-corrected chi connectivity index (χ0v) is 14.9. The van der Waals surface area contributed by atoms with Crippen LogP contribution in [-0.2, 0) is 4.79 Å². The maximum absolute atomic E-state index is 12.4. The van der Waals surface area contributed by atoms with E-state index >= 15 is 0 Å². The van der Waals surface area contributed by atoms with Crippen LogP contribution in [0.3, 0.4) is 0 Å². The van der Waals surface area contributed by atoms with E-state index < -0.39 is 0 Å². The van der Waals surface area contributed by atoms with Gasteiger partial charge < -0.3 is 10.2 Å². The molecule has 3 heteroatoms. The summed E-state index contributed by atoms with van der Waals surface area (Å²) in [7, 11) is 0. The molecule has 3 nitrogen and oxygen atoms in total. The van der Waals surface area contributed by atoms with Gasteiger partial charge in [0, 0.05) is 25.6 Å². The van der Waals surface area contributed by atoms with Gasteiger partial charge in [-0.1, -0.05) is 41.0 Å². The van der Waals surface area contributed by atoms with Crippen molar-refractivity contribution in [3.05, 3.63) is 0 Å². The molecular formula is C18H36N2O. The molecule has 2 atom stereocenters. The molecule has 0 aromatic carbocycles. The fourth-order valence-electron chi connectivity index (χ4n) is 3.32. The number of nitrogens with one attached hydrogen (secondary N) is 1. The van der Waals surface area contributed by atoms with Crippen molar-refractivity contribution in [1.82, 2.24) is 10.2 Å². The average Bonchev–Trinajstić information content (AvgIpc) is 2.59. The normalized spacial score (nSPS) is 22.2. The van der Waals surface area contributed by atoms with Gasteiger partial charge in [0.05, 0.1) is 0 Å². The molecule has 124 valence electrons. The van der Waals surface area contributed by atoms with Gasteiger partial charge in [-0.15, -0.1) is 0 Å². The molecule has 0 spiro atoms. The van der Waals surface area contributed by atoms with Crippen LogP contribution in [0.5, 0.6) is 0 Å². The summed E-state index contributed by atoms with van der Waals surface area (Å²) in [6.07, 6.45) is 6.43. The van der Waals surface area contributed by atoms with Gasteiger partial charge in [0.1, 0.15) is 0 Å². The largest absolute Gasteiger partial charge is 0.341 e. The van der Waals surface area contributed by atoms with Crippen molar-refractivity contribution in [2.24, 2.45) is 11.3 Å². The second-order valence-electron chi connectivity index (χ2n) is 7.67. The zero-order chi connectivity index (χ0) is 15.9. The van der Waals surface area contributed by atoms with Crippen molar-refractivity contribution in [3.63, 3.8) is 0 Å². The van der Waals surface area contributed by atoms with Crippen molar-refractivity contribution in [2.75, 3.05) is 19.6 Å². The van der Waals surface area contributed by atoms with E-state index in [1.165, 1.54) is 6.42 Å². The Labute approximate surface area is 131 Å². The van der Waals surface area contributed by atoms with E-state index in [9.17, 15) is 4.79 Å². The topological polar surface area (TPSA) is 32.3 Å². The Hall–Kier alpha value is -0.570. The standard InChI is InChI=1S/C18H36N2O/c1-6-8-16(19-12-7-2)14-20-13-11-15(18(3,4)5)9-10-17(20)21/h15-16,19H,6-14H2,1-5H3. The van der Waals surface area contributed by atoms with Crippen LogP contribution in [0.1, 0.15) is 73.1 Å². The van der Waals surface area contributed by atoms with Gasteiger partial charge in [-0.25, -0.2) is 0 Å². The van der Waals surface area contributed by atoms with Crippen LogP contribution >= 0.6 is 0 Å². The molecule has 1 amide bonds. The molecule has 1 fully saturated rings. The van der Waals surface area contributed by atoms with Crippen molar-refractivity contribution in [1.29, 1.82) is 0 Å². The van der Waals surface area contributed by atoms with E-state index in [1.807, 2.05) is 0 Å². The first kappa shape index (κ1) is 18.5. The molecule has 1 rings (SSSR count). The van der Waals surface area contributed by atoms with Crippen molar-refractivity contribution in [2.45, 2.75) is 79.2 Å². The van der Waals surface area contributed by atoms with Crippen molar-refractivity contribution < 1.29 is 4.79 Å². The number of carbonyl (C=O) groups is 1. The van der Waals surface area contributed by atoms with Crippen LogP contribution < -0.4 is 5.32 Å². The zero-order valence-electron chi connectivity index (χ0n) is 14.9. The number of hydrogen-bond donors (Lipinski definition) is 1. The quantitative estimate of drug-likeness (QED) is 0.774. The number of nitrogens with zero attached hydrogens (tertiary/aromatic N) is 1. The maximum atomic E-state index is 12.4. The summed E-state index contributed by atoms with van der Waals surface area (Å²) >= 11 is 0. The lowest BCUT2D eigenvalue weighted by Crippen LogP contribution is -2.44. The third-order valence-electron chi connectivity index (χ3n) is 4.79. The van der Waals surface area contributed by atoms with Crippen molar-refractivity contribution in [3.8, 4) is 0 Å². The van der Waals surface area contributed by atoms with Crippen LogP contribution in [0.15, 0.2) is 0 Å². The third-order valence-corrected chi connectivity index (χ3v) is 4.79. The molecule has 0 saturated carbocycles. The Balaban J connectivity index is 2.58. The summed E-state index contributed by atoms with van der Waals surface area (Å²) in [6, 6.07) is 0.463. The second kappa shape index (κ2) is 8.77. The van der Waals surface area contributed by atoms with Crippen LogP contribution in [-0.4, -0.2) is 36.5 Å². The first-order chi connectivity index (χ1) is 9.88. The first-order valence-electron chi connectivity index (χ1n) is 8.89. The summed E-state index contributed by atoms with van der Waals surface area (Å²) in [4.78, 5) is 14.5. The summed E-state index contributed by atoms with van der Waals surface area (Å²) in [6.45, 7) is 14.2. The number of likely N-dealkylation sites (tertiary alicyclic amines) is 1. The molecule has 1 saturated heterocycles. The second-order valence-corrected chi connectivity index (χ2v) is 7.67. The van der Waals surface area contributed by atoms with E-state index in [0.29, 0.717) is 23.3 Å². The van der Waals surface area contributed by atoms with E-state index in [2.05, 4.69) is 44.8 Å². The Morgan fingerprint density at radius 1 is 1.24 bits per heavy atom. The highest BCUT2D eigenvalue weighted by molar-refractivity contribution is 5.76. The highest BCUT2D eigenvalue weighted by Gasteiger charge is 2.30. The molecule has 1 N–H and O–H groups in total. The minimum Gasteiger partial charge on any atom is -0.341 e. The minimum atomic E-state index is 0.319. The lowest BCUT2D eigenvalue weighted by molar-refractivity contribution is -0.131. The summed E-state index contributed by atoms with van der Waals surface area (Å²) < 4.78 is 0. The molecule has 2 unspecified atom stereocenters. The van der Waals surface area contributed by atoms with Gasteiger partial charge in [0.2, 0.25) is 5.91 Å². The monoisotopic (exact) mass is 296 g/mol. The van der Waals surface area contributed by atoms with Crippen LogP contribution in [0, 0.1) is 11.3 Å². The van der Waals surface area contributed by atoms with Gasteiger partial charge >= 0.3 is 0 Å². The Kier molecular flexibility index (Phi) is 7.72. The van der Waals surface area contributed by atoms with Crippen molar-refractivity contribution >= 4 is 5.91 Å². The minimum absolute atomic E-state index is 0.319. The number of rotatable bonds is 7. The Morgan fingerprint density at radius 3 is 2.52 bits per heavy atom. The predicted octanol–water partition coefficient (Wildman–Crippen LogP) is 3.83. The Morgan fingerprint density at radius 2 is 1.95 bits per heavy atom. The number of carbonyl (C=O) groups excluding carboxylic acids is 1. The molecule has 0 bridgehead atoms. The molecular weight excluding hydrogens is 260 g/mol. The first-order valence-corrected chi connectivity index (χ1v) is 8.89. The van der Waals surface area contributed by atoms with Gasteiger partial charge in [0.25, 0.3) is 0 Å². The van der Waals surface area contributed by atoms with E-state index in [4.69, 9.17) is 0 Å². The smallest absolute Gasteiger partial charge is 0.222 e. The van der Waals surface area contributed by atoms with Crippen LogP contribution in [0.25, 0.3) is 0 Å². The predicted molar refractivity (Wildman–Crippen MR) is 90.4 cm³/mol. The molecule has 1 aliphatic heterocycles. The third kappa shape index (κ3) is 6.37. The highest BCUT2D eigenvalue weighted by Crippen LogP contribution is 2.34. The van der Waals surface area contributed by atoms with E-state index in [-0.39, 0.29) is 0 Å². The van der Waals surface area contributed by atoms with Crippen LogP contribution in [0.4, 0.5) is 0 Å². The molecule has 0 aliphatic carbocycles. The average molecular weight is 296 g/mol. The number of amides is 1. The van der Waals surface area contributed by atoms with Gasteiger partial charge in [-0.2, -0.15) is 0 Å². The van der Waals surface area contributed by atoms with Crippen LogP contribution in [0.2, 0.25) is 0 Å². The summed E-state index contributed by atoms with van der Waals surface area (Å²) in [5.74, 6) is 1.03. The summed E-state index contributed by atoms with van der Waals surface area (Å²) in [5, 5.41) is 3.61. The molecule has 1 aliphatic rings. The molecule has 0 aromatic heterocycles. The summed E-state index contributed by atoms with van der Waals surface area (Å²) in [5.41, 5.74) is 0.319. The highest BCUT2D eigenvalue weighted by atomic mass is 16.2. The van der Waals surface area contributed by atoms with Gasteiger partial charge in [0.15, 0.2) is 0 Å². The fraction of sp³-hybridized carbons (Fsp3) is 0.944. The number of hydrogen-bond acceptors (Lipinski definition) is 2. The lowest BCUT2D eigenvalue weighted by atomic mass is 9.77. The van der Waals surface area contributed by atoms with Gasteiger partial charge in [-0.3, -0.25) is 4.79 Å². The van der Waals surface area contributed by atoms with E-state index in [1.54, 1.807) is 0 Å². The molecule has 1 heterocycles. The maximum Gasteiger partial charge on any atom is 0.222 e. The Bertz CT molecular complexity index is 309. The fourth-order valence-corrected chi connectivity index (χ4v) is 3.32. The molecule has 21 heavy (non-hydrogen) atoms. The SMILES string of the molecule is CCCNC(CCC)CN1CCC(C(C)(C)C)CCC1=O. The molecule has 0 radical (unpaired) electrons.